The summed E-state index contributed by atoms with van der Waals surface area (Å²) in [6.45, 7) is 1.66. The molecule has 1 aromatic rings. The van der Waals surface area contributed by atoms with Gasteiger partial charge >= 0.3 is 0 Å². The summed E-state index contributed by atoms with van der Waals surface area (Å²) in [4.78, 5) is 0. The van der Waals surface area contributed by atoms with Gasteiger partial charge in [0.1, 0.15) is 0 Å². The topological polar surface area (TPSA) is 64.0 Å². The lowest BCUT2D eigenvalue weighted by molar-refractivity contribution is 0.553. The monoisotopic (exact) mass is 271 g/mol. The van der Waals surface area contributed by atoms with E-state index in [2.05, 4.69) is 9.82 Å². The van der Waals surface area contributed by atoms with E-state index in [1.165, 1.54) is 17.9 Å². The van der Waals surface area contributed by atoms with E-state index in [4.69, 9.17) is 23.2 Å². The third kappa shape index (κ3) is 2.84. The number of halogens is 2. The van der Waals surface area contributed by atoms with Gasteiger partial charge in [0.15, 0.2) is 5.03 Å². The molecule has 8 heteroatoms. The molecule has 0 aliphatic carbocycles. The highest BCUT2D eigenvalue weighted by molar-refractivity contribution is 7.89. The standard InChI is InChI=1S/C7H11Cl2N3O2S/c1-5(3-8)11-15(13,14)7-6(9)4-10-12(7)2/h4-5,11H,3H2,1-2H3. The van der Waals surface area contributed by atoms with Crippen molar-refractivity contribution in [2.24, 2.45) is 7.05 Å². The Bertz CT molecular complexity index is 424. The first kappa shape index (κ1) is 12.8. The minimum Gasteiger partial charge on any atom is -0.255 e. The van der Waals surface area contributed by atoms with Gasteiger partial charge in [-0.25, -0.2) is 13.1 Å². The van der Waals surface area contributed by atoms with Crippen molar-refractivity contribution in [3.05, 3.63) is 11.2 Å². The highest BCUT2D eigenvalue weighted by Crippen LogP contribution is 2.19. The molecule has 0 saturated heterocycles. The van der Waals surface area contributed by atoms with Crippen molar-refractivity contribution in [1.29, 1.82) is 0 Å². The fourth-order valence-corrected chi connectivity index (χ4v) is 3.12. The summed E-state index contributed by atoms with van der Waals surface area (Å²) in [5.74, 6) is 0.189. The second-order valence-electron chi connectivity index (χ2n) is 3.10. The van der Waals surface area contributed by atoms with E-state index in [9.17, 15) is 8.42 Å². The van der Waals surface area contributed by atoms with Crippen molar-refractivity contribution >= 4 is 33.2 Å². The summed E-state index contributed by atoms with van der Waals surface area (Å²) in [5.41, 5.74) is 0. The summed E-state index contributed by atoms with van der Waals surface area (Å²) >= 11 is 11.2. The quantitative estimate of drug-likeness (QED) is 0.831. The van der Waals surface area contributed by atoms with Gasteiger partial charge in [0.05, 0.1) is 11.2 Å². The summed E-state index contributed by atoms with van der Waals surface area (Å²) in [6.07, 6.45) is 1.28. The maximum absolute atomic E-state index is 11.8. The van der Waals surface area contributed by atoms with E-state index in [1.807, 2.05) is 0 Å². The molecule has 15 heavy (non-hydrogen) atoms. The number of aryl methyl sites for hydroxylation is 1. The molecule has 5 nitrogen and oxygen atoms in total. The molecule has 86 valence electrons. The zero-order valence-corrected chi connectivity index (χ0v) is 10.6. The van der Waals surface area contributed by atoms with Crippen LogP contribution in [0.1, 0.15) is 6.92 Å². The Hall–Kier alpha value is -0.300. The number of hydrogen-bond acceptors (Lipinski definition) is 3. The Balaban J connectivity index is 3.07. The van der Waals surface area contributed by atoms with Crippen molar-refractivity contribution in [1.82, 2.24) is 14.5 Å². The zero-order chi connectivity index (χ0) is 11.6. The van der Waals surface area contributed by atoms with Gasteiger partial charge in [0.25, 0.3) is 10.0 Å². The Morgan fingerprint density at radius 1 is 1.67 bits per heavy atom. The molecule has 1 unspecified atom stereocenters. The van der Waals surface area contributed by atoms with E-state index in [-0.39, 0.29) is 22.0 Å². The lowest BCUT2D eigenvalue weighted by Gasteiger charge is -2.11. The first-order chi connectivity index (χ1) is 6.88. The number of rotatable bonds is 4. The molecule has 1 N–H and O–H groups in total. The maximum atomic E-state index is 11.8. The van der Waals surface area contributed by atoms with Crippen LogP contribution in [-0.2, 0) is 17.1 Å². The Kier molecular flexibility index (Phi) is 3.99. The first-order valence-electron chi connectivity index (χ1n) is 4.14. The molecule has 0 aliphatic rings. The van der Waals surface area contributed by atoms with E-state index < -0.39 is 10.0 Å². The summed E-state index contributed by atoms with van der Waals surface area (Å²) < 4.78 is 27.2. The van der Waals surface area contributed by atoms with Gasteiger partial charge in [-0.3, -0.25) is 4.68 Å². The fourth-order valence-electron chi connectivity index (χ4n) is 1.05. The van der Waals surface area contributed by atoms with Gasteiger partial charge in [-0.15, -0.1) is 11.6 Å². The van der Waals surface area contributed by atoms with Crippen LogP contribution in [0.3, 0.4) is 0 Å². The molecule has 1 heterocycles. The second-order valence-corrected chi connectivity index (χ2v) is 5.44. The average molecular weight is 272 g/mol. The van der Waals surface area contributed by atoms with Gasteiger partial charge in [-0.1, -0.05) is 11.6 Å². The molecule has 0 fully saturated rings. The number of alkyl halides is 1. The Morgan fingerprint density at radius 2 is 2.27 bits per heavy atom. The summed E-state index contributed by atoms with van der Waals surface area (Å²) in [5, 5.41) is 3.78. The third-order valence-corrected chi connectivity index (χ3v) is 4.24. The fraction of sp³-hybridized carbons (Fsp3) is 0.571. The Morgan fingerprint density at radius 3 is 2.67 bits per heavy atom. The average Bonchev–Trinajstić information content (AvgIpc) is 2.45. The minimum atomic E-state index is -3.66. The maximum Gasteiger partial charge on any atom is 0.259 e. The molecule has 0 saturated carbocycles. The van der Waals surface area contributed by atoms with Crippen molar-refractivity contribution in [3.63, 3.8) is 0 Å². The van der Waals surface area contributed by atoms with Crippen LogP contribution in [0.2, 0.25) is 5.02 Å². The zero-order valence-electron chi connectivity index (χ0n) is 8.24. The van der Waals surface area contributed by atoms with E-state index in [0.29, 0.717) is 0 Å². The summed E-state index contributed by atoms with van der Waals surface area (Å²) in [7, 11) is -2.15. The van der Waals surface area contributed by atoms with Crippen LogP contribution >= 0.6 is 23.2 Å². The Labute approximate surface area is 98.4 Å². The molecule has 0 spiro atoms. The van der Waals surface area contributed by atoms with E-state index >= 15 is 0 Å². The van der Waals surface area contributed by atoms with E-state index in [0.717, 1.165) is 0 Å². The lowest BCUT2D eigenvalue weighted by atomic mass is 10.4. The van der Waals surface area contributed by atoms with Crippen LogP contribution in [0.25, 0.3) is 0 Å². The lowest BCUT2D eigenvalue weighted by Crippen LogP contribution is -2.34. The molecular formula is C7H11Cl2N3O2S. The predicted octanol–water partition coefficient (Wildman–Crippen LogP) is 0.979. The molecule has 0 amide bonds. The van der Waals surface area contributed by atoms with Crippen molar-refractivity contribution in [2.45, 2.75) is 18.0 Å². The predicted molar refractivity (Wildman–Crippen MR) is 58.7 cm³/mol. The van der Waals surface area contributed by atoms with Gasteiger partial charge in [0, 0.05) is 19.0 Å². The molecule has 1 atom stereocenters. The number of aromatic nitrogens is 2. The van der Waals surface area contributed by atoms with Gasteiger partial charge < -0.3 is 0 Å². The number of sulfonamides is 1. The smallest absolute Gasteiger partial charge is 0.255 e. The van der Waals surface area contributed by atoms with Crippen LogP contribution in [0.4, 0.5) is 0 Å². The van der Waals surface area contributed by atoms with Crippen molar-refractivity contribution < 1.29 is 8.42 Å². The largest absolute Gasteiger partial charge is 0.259 e. The highest BCUT2D eigenvalue weighted by Gasteiger charge is 2.24. The van der Waals surface area contributed by atoms with Crippen LogP contribution in [0, 0.1) is 0 Å². The number of nitrogens with zero attached hydrogens (tertiary/aromatic N) is 2. The first-order valence-corrected chi connectivity index (χ1v) is 6.54. The third-order valence-electron chi connectivity index (χ3n) is 1.68. The molecule has 0 radical (unpaired) electrons. The summed E-state index contributed by atoms with van der Waals surface area (Å²) in [6, 6.07) is -0.359. The minimum absolute atomic E-state index is 0.0545. The SMILES string of the molecule is CC(CCl)NS(=O)(=O)c1c(Cl)cnn1C. The normalized spacial score (nSPS) is 14.1. The second kappa shape index (κ2) is 4.69. The van der Waals surface area contributed by atoms with Crippen molar-refractivity contribution in [2.75, 3.05) is 5.88 Å². The molecule has 0 aromatic carbocycles. The van der Waals surface area contributed by atoms with Crippen LogP contribution < -0.4 is 4.72 Å². The van der Waals surface area contributed by atoms with E-state index in [1.54, 1.807) is 6.92 Å². The van der Waals surface area contributed by atoms with Crippen LogP contribution in [0.15, 0.2) is 11.2 Å². The molecule has 0 bridgehead atoms. The molecule has 0 aliphatic heterocycles. The van der Waals surface area contributed by atoms with Crippen molar-refractivity contribution in [3.8, 4) is 0 Å². The van der Waals surface area contributed by atoms with Crippen LogP contribution in [-0.4, -0.2) is 30.1 Å². The number of hydrogen-bond donors (Lipinski definition) is 1. The van der Waals surface area contributed by atoms with Crippen LogP contribution in [0.5, 0.6) is 0 Å². The molecular weight excluding hydrogens is 261 g/mol. The number of nitrogens with one attached hydrogen (secondary N) is 1. The highest BCUT2D eigenvalue weighted by atomic mass is 35.5. The van der Waals surface area contributed by atoms with Gasteiger partial charge in [-0.2, -0.15) is 5.10 Å². The van der Waals surface area contributed by atoms with Gasteiger partial charge in [-0.05, 0) is 6.92 Å². The van der Waals surface area contributed by atoms with Gasteiger partial charge in [0.2, 0.25) is 0 Å². The molecule has 1 aromatic heterocycles. The molecule has 1 rings (SSSR count).